The van der Waals surface area contributed by atoms with E-state index in [-0.39, 0.29) is 11.8 Å². The van der Waals surface area contributed by atoms with Gasteiger partial charge in [-0.3, -0.25) is 14.6 Å². The van der Waals surface area contributed by atoms with Crippen molar-refractivity contribution in [1.82, 2.24) is 14.9 Å². The van der Waals surface area contributed by atoms with Crippen molar-refractivity contribution in [2.75, 3.05) is 11.9 Å². The molecule has 23 heavy (non-hydrogen) atoms. The number of nitrogens with one attached hydrogen (secondary N) is 1. The van der Waals surface area contributed by atoms with Crippen molar-refractivity contribution in [2.45, 2.75) is 32.2 Å². The monoisotopic (exact) mass is 330 g/mol. The summed E-state index contributed by atoms with van der Waals surface area (Å²) in [5.41, 5.74) is 1.69. The molecule has 0 saturated carbocycles. The maximum absolute atomic E-state index is 12.5. The SMILES string of the molecule is CC[C@H](C(=O)Nc1nc(-c2cccnc2)cs1)N1CCCC1=O. The van der Waals surface area contributed by atoms with E-state index in [0.29, 0.717) is 24.5 Å². The number of pyridine rings is 1. The third-order valence-corrected chi connectivity index (χ3v) is 4.62. The predicted octanol–water partition coefficient (Wildman–Crippen LogP) is 2.54. The number of hydrogen-bond acceptors (Lipinski definition) is 5. The summed E-state index contributed by atoms with van der Waals surface area (Å²) < 4.78 is 0. The molecule has 1 saturated heterocycles. The Labute approximate surface area is 138 Å². The Balaban J connectivity index is 1.70. The molecule has 2 amide bonds. The summed E-state index contributed by atoms with van der Waals surface area (Å²) in [5, 5.41) is 5.26. The van der Waals surface area contributed by atoms with Crippen molar-refractivity contribution in [2.24, 2.45) is 0 Å². The third-order valence-electron chi connectivity index (χ3n) is 3.87. The minimum absolute atomic E-state index is 0.0576. The number of hydrogen-bond donors (Lipinski definition) is 1. The molecule has 2 aromatic heterocycles. The maximum atomic E-state index is 12.5. The molecule has 1 N–H and O–H groups in total. The van der Waals surface area contributed by atoms with Crippen LogP contribution in [0.1, 0.15) is 26.2 Å². The zero-order chi connectivity index (χ0) is 16.2. The number of amides is 2. The molecule has 0 spiro atoms. The highest BCUT2D eigenvalue weighted by molar-refractivity contribution is 7.14. The van der Waals surface area contributed by atoms with E-state index < -0.39 is 6.04 Å². The second-order valence-electron chi connectivity index (χ2n) is 5.38. The molecule has 0 unspecified atom stereocenters. The number of carbonyl (C=O) groups is 2. The normalized spacial score (nSPS) is 15.7. The largest absolute Gasteiger partial charge is 0.331 e. The molecule has 1 aliphatic heterocycles. The van der Waals surface area contributed by atoms with Gasteiger partial charge in [-0.05, 0) is 25.0 Å². The van der Waals surface area contributed by atoms with E-state index in [1.165, 1.54) is 11.3 Å². The summed E-state index contributed by atoms with van der Waals surface area (Å²) in [6.45, 7) is 2.57. The summed E-state index contributed by atoms with van der Waals surface area (Å²) in [4.78, 5) is 34.5. The molecule has 7 heteroatoms. The molecule has 120 valence electrons. The van der Waals surface area contributed by atoms with Gasteiger partial charge < -0.3 is 10.2 Å². The van der Waals surface area contributed by atoms with Gasteiger partial charge in [-0.2, -0.15) is 0 Å². The number of likely N-dealkylation sites (tertiary alicyclic amines) is 1. The van der Waals surface area contributed by atoms with E-state index in [1.54, 1.807) is 17.3 Å². The standard InChI is InChI=1S/C16H18N4O2S/c1-2-13(20-8-4-6-14(20)21)15(22)19-16-18-12(10-23-16)11-5-3-7-17-9-11/h3,5,7,9-10,13H,2,4,6,8H2,1H3,(H,18,19,22)/t13-/m1/s1. The zero-order valence-corrected chi connectivity index (χ0v) is 13.7. The van der Waals surface area contributed by atoms with Crippen molar-refractivity contribution in [3.63, 3.8) is 0 Å². The fourth-order valence-corrected chi connectivity index (χ4v) is 3.44. The summed E-state index contributed by atoms with van der Waals surface area (Å²) in [6, 6.07) is 3.35. The van der Waals surface area contributed by atoms with Crippen LogP contribution in [-0.4, -0.2) is 39.3 Å². The lowest BCUT2D eigenvalue weighted by Crippen LogP contribution is -2.44. The molecule has 3 heterocycles. The minimum atomic E-state index is -0.421. The van der Waals surface area contributed by atoms with Crippen LogP contribution in [0.4, 0.5) is 5.13 Å². The number of thiazole rings is 1. The Morgan fingerprint density at radius 3 is 3.04 bits per heavy atom. The molecule has 0 aliphatic carbocycles. The van der Waals surface area contributed by atoms with E-state index in [2.05, 4.69) is 15.3 Å². The molecular weight excluding hydrogens is 312 g/mol. The van der Waals surface area contributed by atoms with Gasteiger partial charge in [0.05, 0.1) is 5.69 Å². The van der Waals surface area contributed by atoms with Gasteiger partial charge in [0, 0.05) is 36.3 Å². The van der Waals surface area contributed by atoms with Crippen LogP contribution in [0.2, 0.25) is 0 Å². The van der Waals surface area contributed by atoms with Gasteiger partial charge in [0.1, 0.15) is 6.04 Å². The Morgan fingerprint density at radius 2 is 2.39 bits per heavy atom. The highest BCUT2D eigenvalue weighted by atomic mass is 32.1. The molecule has 1 fully saturated rings. The molecule has 0 radical (unpaired) electrons. The summed E-state index contributed by atoms with van der Waals surface area (Å²) in [6.07, 6.45) is 5.39. The molecule has 1 aliphatic rings. The van der Waals surface area contributed by atoms with Crippen LogP contribution in [-0.2, 0) is 9.59 Å². The van der Waals surface area contributed by atoms with E-state index >= 15 is 0 Å². The molecule has 6 nitrogen and oxygen atoms in total. The van der Waals surface area contributed by atoms with Gasteiger partial charge in [0.2, 0.25) is 11.8 Å². The first-order valence-electron chi connectivity index (χ1n) is 7.65. The number of nitrogens with zero attached hydrogens (tertiary/aromatic N) is 3. The summed E-state index contributed by atoms with van der Waals surface area (Å²) >= 11 is 1.37. The van der Waals surface area contributed by atoms with Crippen molar-refractivity contribution in [3.8, 4) is 11.3 Å². The summed E-state index contributed by atoms with van der Waals surface area (Å²) in [7, 11) is 0. The van der Waals surface area contributed by atoms with Gasteiger partial charge in [0.25, 0.3) is 0 Å². The van der Waals surface area contributed by atoms with E-state index in [9.17, 15) is 9.59 Å². The first-order valence-corrected chi connectivity index (χ1v) is 8.53. The van der Waals surface area contributed by atoms with E-state index in [1.807, 2.05) is 24.4 Å². The van der Waals surface area contributed by atoms with Gasteiger partial charge in [-0.15, -0.1) is 11.3 Å². The van der Waals surface area contributed by atoms with Crippen LogP contribution in [0, 0.1) is 0 Å². The average Bonchev–Trinajstić information content (AvgIpc) is 3.19. The quantitative estimate of drug-likeness (QED) is 0.914. The van der Waals surface area contributed by atoms with Crippen molar-refractivity contribution in [3.05, 3.63) is 29.9 Å². The Kier molecular flexibility index (Phi) is 4.66. The molecule has 2 aromatic rings. The average molecular weight is 330 g/mol. The lowest BCUT2D eigenvalue weighted by atomic mass is 10.2. The number of anilines is 1. The fourth-order valence-electron chi connectivity index (χ4n) is 2.71. The van der Waals surface area contributed by atoms with Gasteiger partial charge in [-0.1, -0.05) is 6.92 Å². The van der Waals surface area contributed by atoms with Crippen LogP contribution in [0.5, 0.6) is 0 Å². The molecule has 0 aromatic carbocycles. The maximum Gasteiger partial charge on any atom is 0.248 e. The van der Waals surface area contributed by atoms with Gasteiger partial charge in [-0.25, -0.2) is 4.98 Å². The van der Waals surface area contributed by atoms with Gasteiger partial charge >= 0.3 is 0 Å². The Morgan fingerprint density at radius 1 is 1.52 bits per heavy atom. The van der Waals surface area contributed by atoms with Crippen molar-refractivity contribution < 1.29 is 9.59 Å². The highest BCUT2D eigenvalue weighted by Gasteiger charge is 2.31. The van der Waals surface area contributed by atoms with Gasteiger partial charge in [0.15, 0.2) is 5.13 Å². The predicted molar refractivity (Wildman–Crippen MR) is 89.0 cm³/mol. The smallest absolute Gasteiger partial charge is 0.248 e. The first-order chi connectivity index (χ1) is 11.2. The fraction of sp³-hybridized carbons (Fsp3) is 0.375. The van der Waals surface area contributed by atoms with Crippen LogP contribution in [0.15, 0.2) is 29.9 Å². The Bertz CT molecular complexity index is 701. The van der Waals surface area contributed by atoms with Crippen LogP contribution < -0.4 is 5.32 Å². The minimum Gasteiger partial charge on any atom is -0.331 e. The molecule has 0 bridgehead atoms. The van der Waals surface area contributed by atoms with Crippen molar-refractivity contribution >= 4 is 28.3 Å². The van der Waals surface area contributed by atoms with E-state index in [0.717, 1.165) is 17.7 Å². The molecule has 1 atom stereocenters. The number of carbonyl (C=O) groups excluding carboxylic acids is 2. The topological polar surface area (TPSA) is 75.2 Å². The zero-order valence-electron chi connectivity index (χ0n) is 12.9. The number of aromatic nitrogens is 2. The van der Waals surface area contributed by atoms with Crippen molar-refractivity contribution in [1.29, 1.82) is 0 Å². The van der Waals surface area contributed by atoms with Crippen LogP contribution in [0.3, 0.4) is 0 Å². The second-order valence-corrected chi connectivity index (χ2v) is 6.24. The first kappa shape index (κ1) is 15.6. The second kappa shape index (κ2) is 6.87. The van der Waals surface area contributed by atoms with Crippen LogP contribution >= 0.6 is 11.3 Å². The lowest BCUT2D eigenvalue weighted by Gasteiger charge is -2.25. The van der Waals surface area contributed by atoms with Crippen LogP contribution in [0.25, 0.3) is 11.3 Å². The lowest BCUT2D eigenvalue weighted by molar-refractivity contribution is -0.135. The molecule has 3 rings (SSSR count). The Hall–Kier alpha value is -2.28. The highest BCUT2D eigenvalue weighted by Crippen LogP contribution is 2.25. The third kappa shape index (κ3) is 3.39. The summed E-state index contributed by atoms with van der Waals surface area (Å²) in [5.74, 6) is -0.114. The molecular formula is C16H18N4O2S. The number of rotatable bonds is 5. The van der Waals surface area contributed by atoms with E-state index in [4.69, 9.17) is 0 Å².